The van der Waals surface area contributed by atoms with Crippen molar-refractivity contribution in [3.63, 3.8) is 0 Å². The third-order valence-corrected chi connectivity index (χ3v) is 10.2. The molecule has 268 valence electrons. The summed E-state index contributed by atoms with van der Waals surface area (Å²) in [7, 11) is -4.22. The van der Waals surface area contributed by atoms with Crippen molar-refractivity contribution in [3.8, 4) is 5.75 Å². The number of aromatic nitrogens is 2. The van der Waals surface area contributed by atoms with Gasteiger partial charge in [-0.15, -0.1) is 0 Å². The Balaban J connectivity index is 1.27. The number of alkyl halides is 2. The monoisotopic (exact) mass is 696 g/mol. The maximum Gasteiger partial charge on any atom is 0.530 e. The van der Waals surface area contributed by atoms with Gasteiger partial charge in [0.2, 0.25) is 6.23 Å². The summed E-state index contributed by atoms with van der Waals surface area (Å²) in [6, 6.07) is 6.56. The van der Waals surface area contributed by atoms with E-state index in [4.69, 9.17) is 23.0 Å². The summed E-state index contributed by atoms with van der Waals surface area (Å²) in [6.45, 7) is 4.85. The number of aryl methyl sites for hydroxylation is 2. The summed E-state index contributed by atoms with van der Waals surface area (Å²) >= 11 is 0. The average Bonchev–Trinajstić information content (AvgIpc) is 3.28. The minimum absolute atomic E-state index is 0.0459. The van der Waals surface area contributed by atoms with Crippen molar-refractivity contribution in [2.75, 3.05) is 6.61 Å². The number of carbonyl (C=O) groups is 1. The lowest BCUT2D eigenvalue weighted by Gasteiger charge is -2.27. The molecule has 0 bridgehead atoms. The number of hydrogen-bond acceptors (Lipinski definition) is 9. The van der Waals surface area contributed by atoms with E-state index in [0.717, 1.165) is 37.4 Å². The van der Waals surface area contributed by atoms with Gasteiger partial charge in [-0.2, -0.15) is 13.8 Å². The van der Waals surface area contributed by atoms with Crippen molar-refractivity contribution < 1.29 is 41.2 Å². The van der Waals surface area contributed by atoms with Crippen LogP contribution >= 0.6 is 7.82 Å². The molecule has 1 aromatic heterocycles. The molecule has 0 N–H and O–H groups in total. The Kier molecular flexibility index (Phi) is 14.6. The van der Waals surface area contributed by atoms with Crippen LogP contribution in [0.5, 0.6) is 5.75 Å². The molecule has 0 aliphatic carbocycles. The summed E-state index contributed by atoms with van der Waals surface area (Å²) < 4.78 is 72.9. The number of esters is 1. The number of halogens is 2. The Morgan fingerprint density at radius 1 is 0.979 bits per heavy atom. The normalized spacial score (nSPS) is 23.1. The van der Waals surface area contributed by atoms with Gasteiger partial charge >= 0.3 is 25.4 Å². The molecule has 0 amide bonds. The third-order valence-electron chi connectivity index (χ3n) is 8.91. The first kappa shape index (κ1) is 38.1. The van der Waals surface area contributed by atoms with Crippen LogP contribution in [-0.2, 0) is 34.5 Å². The van der Waals surface area contributed by atoms with Gasteiger partial charge in [-0.1, -0.05) is 103 Å². The number of nitrogens with zero attached hydrogens (tertiary/aromatic N) is 2. The Morgan fingerprint density at radius 2 is 1.60 bits per heavy atom. The predicted octanol–water partition coefficient (Wildman–Crippen LogP) is 8.91. The molecule has 0 radical (unpaired) electrons. The molecule has 4 rings (SSSR count). The number of ether oxygens (including phenoxy) is 2. The van der Waals surface area contributed by atoms with Crippen LogP contribution in [0.25, 0.3) is 0 Å². The maximum atomic E-state index is 15.9. The Labute approximate surface area is 282 Å². The molecule has 1 aromatic carbocycles. The van der Waals surface area contributed by atoms with E-state index < -0.39 is 50.4 Å². The van der Waals surface area contributed by atoms with Gasteiger partial charge in [0.05, 0.1) is 13.2 Å². The SMILES string of the molecule is CCCCCCCCCCCCCCCCC(=O)O[C@@H]1[C@@H](COP2(=O)OCc3c(C)cccc3O2)O[C@@H](n2ccc(C)nc2=O)C1(F)F. The lowest BCUT2D eigenvalue weighted by molar-refractivity contribution is -0.176. The number of carbonyl (C=O) groups excluding carboxylic acids is 1. The second kappa shape index (κ2) is 18.4. The molecule has 10 nitrogen and oxygen atoms in total. The van der Waals surface area contributed by atoms with Gasteiger partial charge in [0, 0.05) is 23.9 Å². The summed E-state index contributed by atoms with van der Waals surface area (Å²) in [4.78, 5) is 29.1. The lowest BCUT2D eigenvalue weighted by atomic mass is 10.0. The zero-order chi connectivity index (χ0) is 34.6. The molecule has 0 spiro atoms. The van der Waals surface area contributed by atoms with Crippen LogP contribution in [0, 0.1) is 13.8 Å². The highest BCUT2D eigenvalue weighted by Gasteiger charge is 2.63. The summed E-state index contributed by atoms with van der Waals surface area (Å²) in [5.41, 5.74) is 0.947. The van der Waals surface area contributed by atoms with E-state index in [-0.39, 0.29) is 13.0 Å². The predicted molar refractivity (Wildman–Crippen MR) is 177 cm³/mol. The van der Waals surface area contributed by atoms with Crippen molar-refractivity contribution in [2.45, 2.75) is 148 Å². The molecule has 1 unspecified atom stereocenters. The van der Waals surface area contributed by atoms with Crippen molar-refractivity contribution in [2.24, 2.45) is 0 Å². The molecule has 1 fully saturated rings. The minimum Gasteiger partial charge on any atom is -0.453 e. The number of phosphoric ester groups is 1. The Morgan fingerprint density at radius 3 is 2.23 bits per heavy atom. The number of rotatable bonds is 20. The number of fused-ring (bicyclic) bond motifs is 1. The van der Waals surface area contributed by atoms with Crippen LogP contribution in [-0.4, -0.2) is 40.3 Å². The maximum absolute atomic E-state index is 15.9. The van der Waals surface area contributed by atoms with E-state index in [1.54, 1.807) is 19.1 Å². The third kappa shape index (κ3) is 10.7. The fraction of sp³-hybridized carbons (Fsp3) is 0.686. The van der Waals surface area contributed by atoms with Gasteiger partial charge in [0.25, 0.3) is 0 Å². The van der Waals surface area contributed by atoms with Crippen molar-refractivity contribution in [1.82, 2.24) is 9.55 Å². The fourth-order valence-electron chi connectivity index (χ4n) is 6.05. The van der Waals surface area contributed by atoms with Crippen LogP contribution in [0.2, 0.25) is 0 Å². The minimum atomic E-state index is -4.22. The number of hydrogen-bond donors (Lipinski definition) is 0. The molecule has 2 aliphatic heterocycles. The van der Waals surface area contributed by atoms with E-state index >= 15 is 8.78 Å². The lowest BCUT2D eigenvalue weighted by Crippen LogP contribution is -2.44. The summed E-state index contributed by atoms with van der Waals surface area (Å²) in [5.74, 6) is -4.36. The van der Waals surface area contributed by atoms with Crippen molar-refractivity contribution in [1.29, 1.82) is 0 Å². The van der Waals surface area contributed by atoms with Gasteiger partial charge in [-0.25, -0.2) is 9.36 Å². The van der Waals surface area contributed by atoms with Crippen molar-refractivity contribution in [3.05, 3.63) is 57.8 Å². The summed E-state index contributed by atoms with van der Waals surface area (Å²) in [6.07, 6.45) is 11.3. The largest absolute Gasteiger partial charge is 0.530 e. The molecule has 4 atom stereocenters. The van der Waals surface area contributed by atoms with Crippen LogP contribution in [0.1, 0.15) is 126 Å². The molecule has 2 aliphatic rings. The number of benzene rings is 1. The number of phosphoric acid groups is 1. The topological polar surface area (TPSA) is 115 Å². The second-order valence-electron chi connectivity index (χ2n) is 12.9. The first-order chi connectivity index (χ1) is 23.0. The van der Waals surface area contributed by atoms with E-state index in [9.17, 15) is 14.2 Å². The quantitative estimate of drug-likeness (QED) is 0.0760. The highest BCUT2D eigenvalue weighted by atomic mass is 31.2. The standard InChI is InChI=1S/C35H51F2N2O8P/c1-4-5-6-7-8-9-10-11-12-13-14-15-16-17-21-31(40)46-32-30(45-33(35(32,36)37)39-23-22-27(3)38-34(39)41)25-44-48(42)43-24-28-26(2)19-18-20-29(28)47-48/h18-20,22-23,30,32-33H,4-17,21,24-25H2,1-3H3/t30-,32-,33-,48?/m1/s1. The van der Waals surface area contributed by atoms with E-state index in [0.29, 0.717) is 28.0 Å². The zero-order valence-electron chi connectivity index (χ0n) is 28.5. The van der Waals surface area contributed by atoms with Crippen LogP contribution in [0.3, 0.4) is 0 Å². The molecule has 3 heterocycles. The fourth-order valence-corrected chi connectivity index (χ4v) is 7.26. The van der Waals surface area contributed by atoms with E-state index in [1.165, 1.54) is 63.9 Å². The molecule has 48 heavy (non-hydrogen) atoms. The first-order valence-corrected chi connectivity index (χ1v) is 19.0. The second-order valence-corrected chi connectivity index (χ2v) is 14.5. The van der Waals surface area contributed by atoms with Crippen molar-refractivity contribution >= 4 is 13.8 Å². The average molecular weight is 697 g/mol. The highest BCUT2D eigenvalue weighted by Crippen LogP contribution is 2.56. The molecule has 0 saturated carbocycles. The van der Waals surface area contributed by atoms with Gasteiger partial charge in [0.15, 0.2) is 6.10 Å². The molecule has 1 saturated heterocycles. The zero-order valence-corrected chi connectivity index (χ0v) is 29.4. The van der Waals surface area contributed by atoms with Gasteiger partial charge in [-0.05, 0) is 38.0 Å². The van der Waals surface area contributed by atoms with Gasteiger partial charge in [0.1, 0.15) is 11.9 Å². The highest BCUT2D eigenvalue weighted by molar-refractivity contribution is 7.49. The van der Waals surface area contributed by atoms with Gasteiger partial charge < -0.3 is 14.0 Å². The first-order valence-electron chi connectivity index (χ1n) is 17.5. The summed E-state index contributed by atoms with van der Waals surface area (Å²) in [5, 5.41) is 0. The van der Waals surface area contributed by atoms with Gasteiger partial charge in [-0.3, -0.25) is 18.4 Å². The Bertz CT molecular complexity index is 1440. The van der Waals surface area contributed by atoms with Crippen LogP contribution < -0.4 is 10.2 Å². The molecule has 13 heteroatoms. The number of unbranched alkanes of at least 4 members (excludes halogenated alkanes) is 13. The van der Waals surface area contributed by atoms with E-state index in [1.807, 2.05) is 13.0 Å². The Hall–Kier alpha value is -2.66. The molecular weight excluding hydrogens is 645 g/mol. The van der Waals surface area contributed by atoms with Crippen LogP contribution in [0.15, 0.2) is 35.3 Å². The molecule has 2 aromatic rings. The smallest absolute Gasteiger partial charge is 0.453 e. The van der Waals surface area contributed by atoms with E-state index in [2.05, 4.69) is 11.9 Å². The van der Waals surface area contributed by atoms with Crippen LogP contribution in [0.4, 0.5) is 8.78 Å². The molecular formula is C35H51F2N2O8P.